The second-order valence-corrected chi connectivity index (χ2v) is 14.8. The van der Waals surface area contributed by atoms with Crippen molar-refractivity contribution in [2.45, 2.75) is 161 Å². The fourth-order valence-electron chi connectivity index (χ4n) is 5.16. The number of rotatable bonds is 37. The average molecular weight is 780 g/mol. The van der Waals surface area contributed by atoms with Crippen molar-refractivity contribution in [3.05, 3.63) is 72.9 Å². The Kier molecular flexibility index (Phi) is 36.8. The predicted molar refractivity (Wildman–Crippen MR) is 221 cm³/mol. The molecule has 0 bridgehead atoms. The number of phosphoric acid groups is 1. The van der Waals surface area contributed by atoms with E-state index in [4.69, 9.17) is 24.3 Å². The Labute approximate surface area is 327 Å². The van der Waals surface area contributed by atoms with Crippen molar-refractivity contribution in [1.29, 1.82) is 0 Å². The van der Waals surface area contributed by atoms with Crippen LogP contribution in [0.3, 0.4) is 0 Å². The molecule has 0 rings (SSSR count). The summed E-state index contributed by atoms with van der Waals surface area (Å²) in [6.45, 7) is 3.39. The number of aliphatic hydroxyl groups is 1. The van der Waals surface area contributed by atoms with Gasteiger partial charge in [-0.25, -0.2) is 4.57 Å². The maximum absolute atomic E-state index is 12.5. The van der Waals surface area contributed by atoms with Gasteiger partial charge in [-0.2, -0.15) is 0 Å². The summed E-state index contributed by atoms with van der Waals surface area (Å²) < 4.78 is 32.6. The molecule has 0 aliphatic carbocycles. The lowest BCUT2D eigenvalue weighted by Gasteiger charge is -2.19. The summed E-state index contributed by atoms with van der Waals surface area (Å²) in [5.41, 5.74) is 5.33. The molecule has 0 fully saturated rings. The van der Waals surface area contributed by atoms with Crippen molar-refractivity contribution >= 4 is 19.8 Å². The highest BCUT2D eigenvalue weighted by molar-refractivity contribution is 7.47. The topological polar surface area (TPSA) is 155 Å². The van der Waals surface area contributed by atoms with Crippen LogP contribution in [0.1, 0.15) is 149 Å². The molecule has 0 saturated carbocycles. The third-order valence-corrected chi connectivity index (χ3v) is 9.18. The van der Waals surface area contributed by atoms with E-state index >= 15 is 0 Å². The van der Waals surface area contributed by atoms with Gasteiger partial charge in [0.2, 0.25) is 0 Å². The molecule has 0 aromatic rings. The van der Waals surface area contributed by atoms with Gasteiger partial charge >= 0.3 is 19.8 Å². The van der Waals surface area contributed by atoms with E-state index in [1.165, 1.54) is 57.8 Å². The highest BCUT2D eigenvalue weighted by Crippen LogP contribution is 2.43. The monoisotopic (exact) mass is 780 g/mol. The number of nitrogens with two attached hydrogens (primary N) is 1. The van der Waals surface area contributed by atoms with Crippen LogP contribution in [0.4, 0.5) is 0 Å². The molecule has 4 N–H and O–H groups in total. The number of carbonyl (C=O) groups is 2. The smallest absolute Gasteiger partial charge is 0.462 e. The number of esters is 2. The molecule has 0 heterocycles. The Hall–Kier alpha value is -2.59. The van der Waals surface area contributed by atoms with E-state index in [1.807, 2.05) is 18.2 Å². The minimum absolute atomic E-state index is 0.0221. The summed E-state index contributed by atoms with van der Waals surface area (Å²) in [5, 5.41) is 10.2. The lowest BCUT2D eigenvalue weighted by atomic mass is 10.0. The zero-order valence-electron chi connectivity index (χ0n) is 33.5. The molecule has 0 spiro atoms. The second kappa shape index (κ2) is 38.7. The maximum Gasteiger partial charge on any atom is 0.472 e. The molecule has 0 aromatic carbocycles. The van der Waals surface area contributed by atoms with Crippen molar-refractivity contribution < 1.29 is 42.7 Å². The first-order chi connectivity index (χ1) is 26.2. The van der Waals surface area contributed by atoms with Gasteiger partial charge in [0, 0.05) is 19.4 Å². The van der Waals surface area contributed by atoms with Crippen LogP contribution < -0.4 is 5.73 Å². The lowest BCUT2D eigenvalue weighted by Crippen LogP contribution is -2.29. The number of ether oxygens (including phenoxy) is 2. The number of aliphatic hydroxyl groups excluding tert-OH is 1. The molecule has 54 heavy (non-hydrogen) atoms. The Bertz CT molecular complexity index is 1130. The zero-order chi connectivity index (χ0) is 39.8. The first-order valence-corrected chi connectivity index (χ1v) is 22.0. The average Bonchev–Trinajstić information content (AvgIpc) is 3.15. The molecule has 310 valence electrons. The highest BCUT2D eigenvalue weighted by atomic mass is 31.2. The third-order valence-electron chi connectivity index (χ3n) is 8.20. The van der Waals surface area contributed by atoms with E-state index in [0.717, 1.165) is 44.9 Å². The fourth-order valence-corrected chi connectivity index (χ4v) is 5.92. The van der Waals surface area contributed by atoms with Crippen molar-refractivity contribution in [2.24, 2.45) is 5.73 Å². The van der Waals surface area contributed by atoms with Gasteiger partial charge in [0.25, 0.3) is 0 Å². The highest BCUT2D eigenvalue weighted by Gasteiger charge is 2.25. The summed E-state index contributed by atoms with van der Waals surface area (Å²) in [7, 11) is -4.42. The van der Waals surface area contributed by atoms with Crippen LogP contribution in [0.15, 0.2) is 72.9 Å². The third kappa shape index (κ3) is 37.7. The van der Waals surface area contributed by atoms with Gasteiger partial charge in [-0.3, -0.25) is 18.6 Å². The van der Waals surface area contributed by atoms with Gasteiger partial charge < -0.3 is 25.2 Å². The van der Waals surface area contributed by atoms with E-state index in [9.17, 15) is 24.2 Å². The quantitative estimate of drug-likeness (QED) is 0.0182. The molecule has 0 radical (unpaired) electrons. The number of carbonyl (C=O) groups excluding carboxylic acids is 2. The van der Waals surface area contributed by atoms with E-state index in [-0.39, 0.29) is 32.6 Å². The van der Waals surface area contributed by atoms with Crippen molar-refractivity contribution in [3.8, 4) is 0 Å². The molecule has 0 saturated heterocycles. The molecule has 0 aliphatic rings. The van der Waals surface area contributed by atoms with E-state index < -0.39 is 38.6 Å². The maximum atomic E-state index is 12.5. The molecule has 3 unspecified atom stereocenters. The molecular weight excluding hydrogens is 705 g/mol. The van der Waals surface area contributed by atoms with Crippen LogP contribution in [0.5, 0.6) is 0 Å². The van der Waals surface area contributed by atoms with Crippen molar-refractivity contribution in [2.75, 3.05) is 26.4 Å². The van der Waals surface area contributed by atoms with Gasteiger partial charge in [-0.1, -0.05) is 164 Å². The number of hydrogen-bond donors (Lipinski definition) is 3. The van der Waals surface area contributed by atoms with Crippen LogP contribution in [0, 0.1) is 0 Å². The summed E-state index contributed by atoms with van der Waals surface area (Å²) in [5.74, 6) is -1.01. The molecule has 0 amide bonds. The standard InChI is InChI=1S/C43H74NO9P/c1-3-5-7-9-11-13-15-17-19-21-23-25-28-32-40(45)33-29-27-31-35-43(47)53-41(39-52-54(48,49)51-37-36-44)38-50-42(46)34-30-26-24-22-20-18-16-14-12-10-8-6-4-2/h5,7,11,13,17,19,23,25,27-29,32,40-41,45H,3-4,6,8-10,12,14-16,18,20-22,24,26,30-31,33-39,44H2,1-2H3,(H,48,49)/b7-5-,13-11-,19-17-,25-23-,29-27-,32-28+. The zero-order valence-corrected chi connectivity index (χ0v) is 34.4. The number of unbranched alkanes of at least 4 members (excludes halogenated alkanes) is 12. The van der Waals surface area contributed by atoms with Gasteiger partial charge in [0.15, 0.2) is 6.10 Å². The Morgan fingerprint density at radius 1 is 0.667 bits per heavy atom. The minimum Gasteiger partial charge on any atom is -0.462 e. The Morgan fingerprint density at radius 3 is 1.83 bits per heavy atom. The molecule has 0 aromatic heterocycles. The summed E-state index contributed by atoms with van der Waals surface area (Å²) in [4.78, 5) is 34.8. The normalized spacial score (nSPS) is 14.7. The van der Waals surface area contributed by atoms with Gasteiger partial charge in [0.1, 0.15) is 6.61 Å². The first kappa shape index (κ1) is 51.4. The van der Waals surface area contributed by atoms with Gasteiger partial charge in [0.05, 0.1) is 19.3 Å². The van der Waals surface area contributed by atoms with E-state index in [0.29, 0.717) is 19.3 Å². The van der Waals surface area contributed by atoms with Crippen LogP contribution in [0.2, 0.25) is 0 Å². The fraction of sp³-hybridized carbons (Fsp3) is 0.674. The molecule has 10 nitrogen and oxygen atoms in total. The summed E-state index contributed by atoms with van der Waals surface area (Å²) >= 11 is 0. The number of hydrogen-bond acceptors (Lipinski definition) is 9. The number of phosphoric ester groups is 1. The van der Waals surface area contributed by atoms with Crippen LogP contribution in [0.25, 0.3) is 0 Å². The molecule has 3 atom stereocenters. The second-order valence-electron chi connectivity index (χ2n) is 13.3. The Balaban J connectivity index is 4.43. The van der Waals surface area contributed by atoms with Crippen LogP contribution in [-0.2, 0) is 32.7 Å². The van der Waals surface area contributed by atoms with Crippen LogP contribution in [-0.4, -0.2) is 60.5 Å². The minimum atomic E-state index is -4.42. The summed E-state index contributed by atoms with van der Waals surface area (Å²) in [6.07, 6.45) is 42.5. The Morgan fingerprint density at radius 2 is 1.24 bits per heavy atom. The predicted octanol–water partition coefficient (Wildman–Crippen LogP) is 10.5. The molecular formula is C43H74NO9P. The van der Waals surface area contributed by atoms with E-state index in [1.54, 1.807) is 18.2 Å². The largest absolute Gasteiger partial charge is 0.472 e. The van der Waals surface area contributed by atoms with Crippen LogP contribution >= 0.6 is 7.82 Å². The van der Waals surface area contributed by atoms with Gasteiger partial charge in [-0.15, -0.1) is 0 Å². The van der Waals surface area contributed by atoms with Gasteiger partial charge in [-0.05, 0) is 44.9 Å². The molecule has 0 aliphatic heterocycles. The molecule has 11 heteroatoms. The van der Waals surface area contributed by atoms with Crippen molar-refractivity contribution in [1.82, 2.24) is 0 Å². The summed E-state index contributed by atoms with van der Waals surface area (Å²) in [6, 6.07) is 0. The SMILES string of the molecule is CC/C=C\C/C=C\C/C=C\C/C=C\C=C\C(O)C/C=C\CCC(=O)OC(COC(=O)CCCCCCCCCCCCCCC)COP(=O)(O)OCCN. The lowest BCUT2D eigenvalue weighted by molar-refractivity contribution is -0.161. The van der Waals surface area contributed by atoms with E-state index in [2.05, 4.69) is 50.3 Å². The number of allylic oxidation sites excluding steroid dienone is 10. The van der Waals surface area contributed by atoms with Crippen molar-refractivity contribution in [3.63, 3.8) is 0 Å². The first-order valence-electron chi connectivity index (χ1n) is 20.5.